The molecule has 0 radical (unpaired) electrons. The first-order valence-corrected chi connectivity index (χ1v) is 27.1. The smallest absolute Gasteiger partial charge is 0.0561 e. The van der Waals surface area contributed by atoms with Gasteiger partial charge < -0.3 is 14.7 Å². The van der Waals surface area contributed by atoms with Crippen LogP contribution in [0.1, 0.15) is 175 Å². The van der Waals surface area contributed by atoms with Crippen LogP contribution in [0.2, 0.25) is 0 Å². The van der Waals surface area contributed by atoms with Gasteiger partial charge in [0, 0.05) is 39.2 Å². The van der Waals surface area contributed by atoms with Crippen LogP contribution in [0.5, 0.6) is 0 Å². The van der Waals surface area contributed by atoms with E-state index in [2.05, 4.69) is 230 Å². The second-order valence-corrected chi connectivity index (χ2v) is 25.4. The van der Waals surface area contributed by atoms with Gasteiger partial charge in [-0.05, 0) is 156 Å². The molecular formula is C68H73N3. The monoisotopic (exact) mass is 932 g/mol. The van der Waals surface area contributed by atoms with Gasteiger partial charge in [0.25, 0.3) is 0 Å². The third kappa shape index (κ3) is 5.84. The number of fused-ring (bicyclic) bond motifs is 10. The van der Waals surface area contributed by atoms with Crippen molar-refractivity contribution in [2.24, 2.45) is 0 Å². The summed E-state index contributed by atoms with van der Waals surface area (Å²) >= 11 is 0. The summed E-state index contributed by atoms with van der Waals surface area (Å²) in [5.41, 5.74) is 25.9. The van der Waals surface area contributed by atoms with Crippen LogP contribution in [-0.4, -0.2) is 11.1 Å². The summed E-state index contributed by atoms with van der Waals surface area (Å²) in [4.78, 5) is 8.59. The molecule has 3 nitrogen and oxygen atoms in total. The van der Waals surface area contributed by atoms with Crippen molar-refractivity contribution in [1.82, 2.24) is 0 Å². The molecule has 13 rings (SSSR count). The maximum absolute atomic E-state index is 2.97. The lowest BCUT2D eigenvalue weighted by molar-refractivity contribution is 0.194. The Hall–Kier alpha value is -6.06. The first kappa shape index (κ1) is 44.8. The highest BCUT2D eigenvalue weighted by atomic mass is 15.3. The molecular weight excluding hydrogens is 859 g/mol. The molecule has 6 aliphatic rings. The van der Waals surface area contributed by atoms with Gasteiger partial charge in [0.15, 0.2) is 0 Å². The van der Waals surface area contributed by atoms with Crippen molar-refractivity contribution < 1.29 is 0 Å². The van der Waals surface area contributed by atoms with E-state index in [-0.39, 0.29) is 38.7 Å². The van der Waals surface area contributed by atoms with Crippen molar-refractivity contribution in [3.05, 3.63) is 195 Å². The molecule has 0 saturated heterocycles. The maximum Gasteiger partial charge on any atom is 0.0561 e. The van der Waals surface area contributed by atoms with Gasteiger partial charge in [0.1, 0.15) is 0 Å². The normalized spacial score (nSPS) is 25.8. The van der Waals surface area contributed by atoms with E-state index in [1.807, 2.05) is 0 Å². The molecule has 5 unspecified atom stereocenters. The number of nitrogens with zero attached hydrogens (tertiary/aromatic N) is 3. The van der Waals surface area contributed by atoms with E-state index in [9.17, 15) is 0 Å². The molecule has 0 amide bonds. The van der Waals surface area contributed by atoms with Gasteiger partial charge in [0.2, 0.25) is 0 Å². The molecule has 3 heteroatoms. The average molecular weight is 932 g/mol. The van der Waals surface area contributed by atoms with Crippen LogP contribution in [-0.2, 0) is 21.7 Å². The van der Waals surface area contributed by atoms with Gasteiger partial charge in [-0.1, -0.05) is 177 Å². The first-order valence-electron chi connectivity index (χ1n) is 27.1. The molecule has 2 fully saturated rings. The molecule has 4 aliphatic heterocycles. The van der Waals surface area contributed by atoms with Crippen LogP contribution in [0.25, 0.3) is 11.1 Å². The first-order chi connectivity index (χ1) is 33.9. The summed E-state index contributed by atoms with van der Waals surface area (Å²) < 4.78 is 0. The summed E-state index contributed by atoms with van der Waals surface area (Å²) in [7, 11) is 0. The van der Waals surface area contributed by atoms with E-state index in [4.69, 9.17) is 0 Å². The summed E-state index contributed by atoms with van der Waals surface area (Å²) in [6.45, 7) is 27.0. The van der Waals surface area contributed by atoms with E-state index in [1.54, 1.807) is 5.56 Å². The van der Waals surface area contributed by atoms with Crippen LogP contribution < -0.4 is 14.7 Å². The van der Waals surface area contributed by atoms with Gasteiger partial charge in [-0.2, -0.15) is 0 Å². The minimum atomic E-state index is -0.212. The molecule has 0 bridgehead atoms. The minimum Gasteiger partial charge on any atom is -0.334 e. The Bertz CT molecular complexity index is 3330. The molecule has 5 atom stereocenters. The van der Waals surface area contributed by atoms with Gasteiger partial charge in [-0.25, -0.2) is 0 Å². The predicted molar refractivity (Wildman–Crippen MR) is 300 cm³/mol. The standard InChI is InChI=1S/C68H73N3/c1-43-38-44(2)61-62-58(43)59-50-32-30-48(64(6,7)8)40-55(50)69(53-33-31-47(63(3,4)5)39-51(53)45-24-14-12-15-25-45)56-41-49(42-57(60(56)59)71(62)66(10)35-21-20-34-65(61,66)9)70-54-29-19-18-28-52(54)68(46-26-16-13-17-27-46)37-23-22-36-67(68,70)11/h12-19,24-33,38-42,59H,20-23,34-37H2,1-11H3. The SMILES string of the molecule is Cc1cc(C)c2c3c1C1c4ccc(C(C)(C)C)cc4N(c4ccc(C(C)(C)C)cc4-c4ccccc4)c4cc(N5c6ccccc6C6(c7ccccc7)CCCCC56C)cc(c41)N3C1(C)CCCCC21C. The van der Waals surface area contributed by atoms with Crippen LogP contribution in [0, 0.1) is 13.8 Å². The predicted octanol–water partition coefficient (Wildman–Crippen LogP) is 18.4. The largest absolute Gasteiger partial charge is 0.334 e. The highest BCUT2D eigenvalue weighted by molar-refractivity contribution is 6.02. The molecule has 2 aliphatic carbocycles. The van der Waals surface area contributed by atoms with Crippen molar-refractivity contribution in [3.8, 4) is 11.1 Å². The zero-order chi connectivity index (χ0) is 49.2. The number of aryl methyl sites for hydroxylation is 2. The number of rotatable bonds is 4. The van der Waals surface area contributed by atoms with Crippen LogP contribution in [0.15, 0.2) is 140 Å². The van der Waals surface area contributed by atoms with E-state index < -0.39 is 0 Å². The number of hydrogen-bond donors (Lipinski definition) is 0. The molecule has 71 heavy (non-hydrogen) atoms. The second kappa shape index (κ2) is 15.0. The maximum atomic E-state index is 2.97. The molecule has 0 spiro atoms. The van der Waals surface area contributed by atoms with E-state index in [0.717, 1.165) is 12.8 Å². The Kier molecular flexibility index (Phi) is 9.48. The minimum absolute atomic E-state index is 0.00340. The Labute approximate surface area is 425 Å². The van der Waals surface area contributed by atoms with Crippen molar-refractivity contribution in [2.45, 2.75) is 166 Å². The number of benzene rings is 7. The third-order valence-electron chi connectivity index (χ3n) is 19.6. The average Bonchev–Trinajstić information content (AvgIpc) is 3.73. The Balaban J connectivity index is 1.19. The van der Waals surface area contributed by atoms with Crippen molar-refractivity contribution in [2.75, 3.05) is 14.7 Å². The zero-order valence-electron chi connectivity index (χ0n) is 44.4. The highest BCUT2D eigenvalue weighted by Gasteiger charge is 2.64. The quantitative estimate of drug-likeness (QED) is 0.174. The number of para-hydroxylation sites is 1. The Morgan fingerprint density at radius 1 is 0.493 bits per heavy atom. The third-order valence-corrected chi connectivity index (χ3v) is 19.6. The summed E-state index contributed by atoms with van der Waals surface area (Å²) in [5.74, 6) is 0.0702. The van der Waals surface area contributed by atoms with Crippen molar-refractivity contribution in [3.63, 3.8) is 0 Å². The zero-order valence-corrected chi connectivity index (χ0v) is 44.4. The van der Waals surface area contributed by atoms with Gasteiger partial charge in [-0.15, -0.1) is 0 Å². The number of hydrogen-bond acceptors (Lipinski definition) is 3. The molecule has 7 aromatic rings. The Morgan fingerprint density at radius 2 is 1.11 bits per heavy atom. The Morgan fingerprint density at radius 3 is 1.85 bits per heavy atom. The molecule has 2 saturated carbocycles. The second-order valence-electron chi connectivity index (χ2n) is 25.4. The fourth-order valence-corrected chi connectivity index (χ4v) is 16.0. The number of anilines is 7. The fraction of sp³-hybridized carbons (Fsp3) is 0.382. The van der Waals surface area contributed by atoms with Crippen LogP contribution in [0.3, 0.4) is 0 Å². The van der Waals surface area contributed by atoms with Gasteiger partial charge >= 0.3 is 0 Å². The molecule has 7 aromatic carbocycles. The lowest BCUT2D eigenvalue weighted by Crippen LogP contribution is -2.57. The van der Waals surface area contributed by atoms with E-state index in [1.165, 1.54) is 140 Å². The highest BCUT2D eigenvalue weighted by Crippen LogP contribution is 2.72. The molecule has 0 aromatic heterocycles. The van der Waals surface area contributed by atoms with Gasteiger partial charge in [-0.3, -0.25) is 0 Å². The summed E-state index contributed by atoms with van der Waals surface area (Å²) in [5, 5.41) is 0. The lowest BCUT2D eigenvalue weighted by atomic mass is 9.57. The van der Waals surface area contributed by atoms with Crippen LogP contribution >= 0.6 is 0 Å². The lowest BCUT2D eigenvalue weighted by Gasteiger charge is -2.54. The fourth-order valence-electron chi connectivity index (χ4n) is 16.0. The van der Waals surface area contributed by atoms with Gasteiger partial charge in [0.05, 0.1) is 39.5 Å². The van der Waals surface area contributed by atoms with E-state index >= 15 is 0 Å². The topological polar surface area (TPSA) is 9.72 Å². The van der Waals surface area contributed by atoms with Crippen molar-refractivity contribution >= 4 is 39.8 Å². The summed E-state index contributed by atoms with van der Waals surface area (Å²) in [6, 6.07) is 55.3. The molecule has 0 N–H and O–H groups in total. The molecule has 4 heterocycles. The van der Waals surface area contributed by atoms with Crippen LogP contribution in [0.4, 0.5) is 39.8 Å². The molecule has 360 valence electrons. The van der Waals surface area contributed by atoms with Crippen molar-refractivity contribution in [1.29, 1.82) is 0 Å². The summed E-state index contributed by atoms with van der Waals surface area (Å²) in [6.07, 6.45) is 9.58. The van der Waals surface area contributed by atoms with E-state index in [0.29, 0.717) is 0 Å².